The molecule has 5 heteroatoms. The van der Waals surface area contributed by atoms with Gasteiger partial charge in [-0.25, -0.2) is 4.98 Å². The highest BCUT2D eigenvalue weighted by molar-refractivity contribution is 5.83. The summed E-state index contributed by atoms with van der Waals surface area (Å²) in [6.07, 6.45) is 1.78. The lowest BCUT2D eigenvalue weighted by Gasteiger charge is -1.98. The lowest BCUT2D eigenvalue weighted by molar-refractivity contribution is 0.317. The minimum Gasteiger partial charge on any atom is -0.443 e. The summed E-state index contributed by atoms with van der Waals surface area (Å²) in [5.41, 5.74) is 7.80. The van der Waals surface area contributed by atoms with Gasteiger partial charge in [-0.1, -0.05) is 11.2 Å². The second kappa shape index (κ2) is 3.37. The second-order valence-electron chi connectivity index (χ2n) is 2.92. The van der Waals surface area contributed by atoms with Gasteiger partial charge in [0.1, 0.15) is 11.4 Å². The normalized spacial score (nSPS) is 12.1. The Morgan fingerprint density at radius 3 is 3.21 bits per heavy atom. The molecule has 0 saturated heterocycles. The maximum Gasteiger partial charge on any atom is 0.181 e. The lowest BCUT2D eigenvalue weighted by Crippen LogP contribution is -2.14. The molecule has 2 aromatic rings. The first-order chi connectivity index (χ1) is 6.79. The summed E-state index contributed by atoms with van der Waals surface area (Å²) in [4.78, 5) is 3.98. The van der Waals surface area contributed by atoms with Gasteiger partial charge < -0.3 is 15.4 Å². The number of hydrogen-bond donors (Lipinski definition) is 2. The third kappa shape index (κ3) is 1.52. The van der Waals surface area contributed by atoms with E-state index >= 15 is 0 Å². The lowest BCUT2D eigenvalue weighted by atomic mass is 10.1. The number of fused-ring (bicyclic) bond motifs is 1. The summed E-state index contributed by atoms with van der Waals surface area (Å²) in [6, 6.07) is 5.52. The van der Waals surface area contributed by atoms with E-state index in [9.17, 15) is 0 Å². The Bertz CT molecular complexity index is 476. The van der Waals surface area contributed by atoms with Crippen molar-refractivity contribution in [1.29, 1.82) is 0 Å². The summed E-state index contributed by atoms with van der Waals surface area (Å²) in [6.45, 7) is 0. The minimum absolute atomic E-state index is 0.170. The van der Waals surface area contributed by atoms with E-state index in [4.69, 9.17) is 15.4 Å². The van der Waals surface area contributed by atoms with Gasteiger partial charge in [0.05, 0.1) is 0 Å². The molecule has 0 fully saturated rings. The Balaban J connectivity index is 2.34. The van der Waals surface area contributed by atoms with E-state index in [0.717, 1.165) is 11.1 Å². The van der Waals surface area contributed by atoms with Gasteiger partial charge in [0.2, 0.25) is 0 Å². The zero-order valence-electron chi connectivity index (χ0n) is 7.34. The van der Waals surface area contributed by atoms with E-state index in [2.05, 4.69) is 10.1 Å². The molecule has 0 unspecified atom stereocenters. The molecule has 72 valence electrons. The third-order valence-corrected chi connectivity index (χ3v) is 1.91. The smallest absolute Gasteiger partial charge is 0.181 e. The predicted octanol–water partition coefficient (Wildman–Crippen LogP) is 1.12. The number of benzene rings is 1. The van der Waals surface area contributed by atoms with Crippen LogP contribution in [0.5, 0.6) is 0 Å². The van der Waals surface area contributed by atoms with E-state index in [1.807, 2.05) is 18.2 Å². The first-order valence-electron chi connectivity index (χ1n) is 4.08. The Morgan fingerprint density at radius 2 is 2.43 bits per heavy atom. The molecule has 14 heavy (non-hydrogen) atoms. The van der Waals surface area contributed by atoms with Crippen molar-refractivity contribution in [3.05, 3.63) is 30.2 Å². The van der Waals surface area contributed by atoms with Gasteiger partial charge in [-0.15, -0.1) is 0 Å². The van der Waals surface area contributed by atoms with Crippen LogP contribution in [-0.2, 0) is 6.42 Å². The highest BCUT2D eigenvalue weighted by atomic mass is 16.4. The molecule has 5 nitrogen and oxygen atoms in total. The molecular weight excluding hydrogens is 182 g/mol. The van der Waals surface area contributed by atoms with Crippen LogP contribution in [0.2, 0.25) is 0 Å². The van der Waals surface area contributed by atoms with Crippen molar-refractivity contribution in [2.24, 2.45) is 10.9 Å². The van der Waals surface area contributed by atoms with Crippen molar-refractivity contribution in [2.75, 3.05) is 0 Å². The molecule has 1 aromatic carbocycles. The fourth-order valence-corrected chi connectivity index (χ4v) is 1.25. The molecule has 0 aliphatic heterocycles. The predicted molar refractivity (Wildman–Crippen MR) is 51.1 cm³/mol. The Morgan fingerprint density at radius 1 is 1.57 bits per heavy atom. The molecule has 1 aromatic heterocycles. The van der Waals surface area contributed by atoms with Gasteiger partial charge in [0.25, 0.3) is 0 Å². The van der Waals surface area contributed by atoms with Gasteiger partial charge in [-0.2, -0.15) is 0 Å². The van der Waals surface area contributed by atoms with Crippen LogP contribution in [0, 0.1) is 0 Å². The number of oxime groups is 1. The number of nitrogens with two attached hydrogens (primary N) is 1. The summed E-state index contributed by atoms with van der Waals surface area (Å²) in [5, 5.41) is 11.3. The molecule has 0 aliphatic carbocycles. The minimum atomic E-state index is 0.170. The number of nitrogens with zero attached hydrogens (tertiary/aromatic N) is 2. The van der Waals surface area contributed by atoms with E-state index < -0.39 is 0 Å². The number of aromatic nitrogens is 1. The number of oxazole rings is 1. The summed E-state index contributed by atoms with van der Waals surface area (Å²) >= 11 is 0. The quantitative estimate of drug-likeness (QED) is 0.322. The summed E-state index contributed by atoms with van der Waals surface area (Å²) < 4.78 is 5.12. The van der Waals surface area contributed by atoms with Crippen LogP contribution in [0.3, 0.4) is 0 Å². The third-order valence-electron chi connectivity index (χ3n) is 1.91. The Labute approximate surface area is 79.8 Å². The standard InChI is InChI=1S/C9H9N3O2/c10-9(12-13)4-6-1-2-7-8(3-6)14-5-11-7/h1-3,5,13H,4H2,(H2,10,12). The first kappa shape index (κ1) is 8.55. The second-order valence-corrected chi connectivity index (χ2v) is 2.92. The zero-order chi connectivity index (χ0) is 9.97. The first-order valence-corrected chi connectivity index (χ1v) is 4.08. The Kier molecular flexibility index (Phi) is 2.06. The van der Waals surface area contributed by atoms with Gasteiger partial charge >= 0.3 is 0 Å². The van der Waals surface area contributed by atoms with Gasteiger partial charge in [-0.05, 0) is 17.7 Å². The average molecular weight is 191 g/mol. The molecule has 2 rings (SSSR count). The molecule has 0 amide bonds. The zero-order valence-corrected chi connectivity index (χ0v) is 7.34. The van der Waals surface area contributed by atoms with E-state index in [-0.39, 0.29) is 5.84 Å². The maximum absolute atomic E-state index is 8.40. The number of rotatable bonds is 2. The SMILES string of the molecule is N/C(Cc1ccc2ncoc2c1)=N\O. The van der Waals surface area contributed by atoms with E-state index in [1.165, 1.54) is 6.39 Å². The number of hydrogen-bond acceptors (Lipinski definition) is 4. The topological polar surface area (TPSA) is 84.6 Å². The van der Waals surface area contributed by atoms with Crippen molar-refractivity contribution in [3.63, 3.8) is 0 Å². The molecule has 0 bridgehead atoms. The van der Waals surface area contributed by atoms with Crippen molar-refractivity contribution in [3.8, 4) is 0 Å². The molecule has 0 radical (unpaired) electrons. The maximum atomic E-state index is 8.40. The van der Waals surface area contributed by atoms with Crippen LogP contribution in [0.1, 0.15) is 5.56 Å². The van der Waals surface area contributed by atoms with Crippen LogP contribution in [0.4, 0.5) is 0 Å². The van der Waals surface area contributed by atoms with Crippen LogP contribution < -0.4 is 5.73 Å². The van der Waals surface area contributed by atoms with Crippen LogP contribution in [0.25, 0.3) is 11.1 Å². The molecule has 1 heterocycles. The van der Waals surface area contributed by atoms with Crippen molar-refractivity contribution < 1.29 is 9.62 Å². The molecule has 0 saturated carbocycles. The van der Waals surface area contributed by atoms with Crippen LogP contribution >= 0.6 is 0 Å². The largest absolute Gasteiger partial charge is 0.443 e. The molecule has 0 atom stereocenters. The highest BCUT2D eigenvalue weighted by Gasteiger charge is 2.01. The van der Waals surface area contributed by atoms with Crippen molar-refractivity contribution in [1.82, 2.24) is 4.98 Å². The van der Waals surface area contributed by atoms with Crippen molar-refractivity contribution in [2.45, 2.75) is 6.42 Å². The number of amidine groups is 1. The molecule has 0 spiro atoms. The van der Waals surface area contributed by atoms with E-state index in [0.29, 0.717) is 12.0 Å². The van der Waals surface area contributed by atoms with Gasteiger partial charge in [0, 0.05) is 6.42 Å². The molecule has 3 N–H and O–H groups in total. The van der Waals surface area contributed by atoms with Crippen LogP contribution in [0.15, 0.2) is 34.2 Å². The Hall–Kier alpha value is -2.04. The molecule has 0 aliphatic rings. The van der Waals surface area contributed by atoms with Gasteiger partial charge in [-0.3, -0.25) is 0 Å². The fraction of sp³-hybridized carbons (Fsp3) is 0.111. The van der Waals surface area contributed by atoms with Crippen LogP contribution in [-0.4, -0.2) is 16.0 Å². The van der Waals surface area contributed by atoms with Crippen molar-refractivity contribution >= 4 is 16.9 Å². The van der Waals surface area contributed by atoms with E-state index in [1.54, 1.807) is 0 Å². The fourth-order valence-electron chi connectivity index (χ4n) is 1.25. The summed E-state index contributed by atoms with van der Waals surface area (Å²) in [7, 11) is 0. The summed E-state index contributed by atoms with van der Waals surface area (Å²) in [5.74, 6) is 0.170. The monoisotopic (exact) mass is 191 g/mol. The average Bonchev–Trinajstić information content (AvgIpc) is 2.64. The van der Waals surface area contributed by atoms with Gasteiger partial charge in [0.15, 0.2) is 12.0 Å². The highest BCUT2D eigenvalue weighted by Crippen LogP contribution is 2.14. The molecular formula is C9H9N3O2.